The summed E-state index contributed by atoms with van der Waals surface area (Å²) in [6.07, 6.45) is 1.85. The third-order valence-electron chi connectivity index (χ3n) is 3.34. The molecule has 0 bridgehead atoms. The van der Waals surface area contributed by atoms with Crippen molar-refractivity contribution in [1.82, 2.24) is 9.62 Å². The van der Waals surface area contributed by atoms with Crippen LogP contribution in [0.25, 0.3) is 0 Å². The van der Waals surface area contributed by atoms with Gasteiger partial charge in [0.25, 0.3) is 0 Å². The van der Waals surface area contributed by atoms with Gasteiger partial charge < -0.3 is 5.32 Å². The Hall–Kier alpha value is -1.47. The largest absolute Gasteiger partial charge is 0.356 e. The van der Waals surface area contributed by atoms with E-state index < -0.39 is 15.6 Å². The molecule has 0 aliphatic heterocycles. The van der Waals surface area contributed by atoms with Crippen LogP contribution in [0.1, 0.15) is 32.8 Å². The van der Waals surface area contributed by atoms with Crippen molar-refractivity contribution in [2.75, 3.05) is 19.3 Å². The van der Waals surface area contributed by atoms with Crippen molar-refractivity contribution in [3.63, 3.8) is 0 Å². The Morgan fingerprint density at radius 3 is 2.26 bits per heavy atom. The zero-order chi connectivity index (χ0) is 17.7. The van der Waals surface area contributed by atoms with E-state index in [1.54, 1.807) is 32.9 Å². The van der Waals surface area contributed by atoms with Gasteiger partial charge in [0.05, 0.1) is 6.26 Å². The maximum atomic E-state index is 12.8. The molecule has 1 rings (SSSR count). The number of amides is 1. The molecule has 5 nitrogen and oxygen atoms in total. The van der Waals surface area contributed by atoms with Gasteiger partial charge in [0.1, 0.15) is 5.82 Å². The Kier molecular flexibility index (Phi) is 6.70. The van der Waals surface area contributed by atoms with E-state index in [-0.39, 0.29) is 24.7 Å². The monoisotopic (exact) mass is 344 g/mol. The third kappa shape index (κ3) is 7.09. The summed E-state index contributed by atoms with van der Waals surface area (Å²) in [5, 5.41) is 2.75. The van der Waals surface area contributed by atoms with Crippen molar-refractivity contribution >= 4 is 15.9 Å². The number of carbonyl (C=O) groups is 1. The van der Waals surface area contributed by atoms with Gasteiger partial charge in [-0.25, -0.2) is 12.8 Å². The maximum Gasteiger partial charge on any atom is 0.221 e. The molecule has 0 saturated heterocycles. The molecular formula is C16H25FN2O3S. The minimum absolute atomic E-state index is 0.105. The van der Waals surface area contributed by atoms with Crippen molar-refractivity contribution < 1.29 is 17.6 Å². The summed E-state index contributed by atoms with van der Waals surface area (Å²) in [7, 11) is -3.37. The summed E-state index contributed by atoms with van der Waals surface area (Å²) < 4.78 is 37.7. The van der Waals surface area contributed by atoms with Crippen molar-refractivity contribution in [1.29, 1.82) is 0 Å². The first-order valence-electron chi connectivity index (χ1n) is 7.49. The van der Waals surface area contributed by atoms with Crippen LogP contribution in [0.15, 0.2) is 24.3 Å². The predicted molar refractivity (Wildman–Crippen MR) is 89.0 cm³/mol. The van der Waals surface area contributed by atoms with Crippen LogP contribution in [-0.2, 0) is 21.2 Å². The van der Waals surface area contributed by atoms with Crippen LogP contribution in [0.2, 0.25) is 0 Å². The maximum absolute atomic E-state index is 12.8. The van der Waals surface area contributed by atoms with Crippen LogP contribution >= 0.6 is 0 Å². The van der Waals surface area contributed by atoms with Crippen molar-refractivity contribution in [3.05, 3.63) is 35.6 Å². The minimum atomic E-state index is -3.37. The molecule has 1 amide bonds. The first-order valence-corrected chi connectivity index (χ1v) is 9.34. The molecule has 23 heavy (non-hydrogen) atoms. The van der Waals surface area contributed by atoms with E-state index in [9.17, 15) is 17.6 Å². The molecule has 0 saturated carbocycles. The number of benzene rings is 1. The molecule has 0 spiro atoms. The zero-order valence-corrected chi connectivity index (χ0v) is 14.9. The first-order chi connectivity index (χ1) is 10.5. The molecule has 1 N–H and O–H groups in total. The predicted octanol–water partition coefficient (Wildman–Crippen LogP) is 1.93. The summed E-state index contributed by atoms with van der Waals surface area (Å²) in [4.78, 5) is 11.9. The van der Waals surface area contributed by atoms with Gasteiger partial charge in [-0.3, -0.25) is 4.79 Å². The molecule has 0 aliphatic rings. The molecule has 130 valence electrons. The molecule has 0 heterocycles. The summed E-state index contributed by atoms with van der Waals surface area (Å²) in [5.41, 5.74) is 0.362. The van der Waals surface area contributed by atoms with Gasteiger partial charge in [-0.05, 0) is 44.9 Å². The van der Waals surface area contributed by atoms with E-state index in [0.717, 1.165) is 11.8 Å². The van der Waals surface area contributed by atoms with Crippen LogP contribution in [0.4, 0.5) is 4.39 Å². The molecule has 0 atom stereocenters. The Labute approximate surface area is 137 Å². The van der Waals surface area contributed by atoms with Gasteiger partial charge in [0.2, 0.25) is 15.9 Å². The normalized spacial score (nSPS) is 12.4. The van der Waals surface area contributed by atoms with E-state index >= 15 is 0 Å². The average Bonchev–Trinajstić information content (AvgIpc) is 2.38. The van der Waals surface area contributed by atoms with Gasteiger partial charge in [-0.15, -0.1) is 0 Å². The Bertz CT molecular complexity index is 622. The van der Waals surface area contributed by atoms with Gasteiger partial charge in [0.15, 0.2) is 0 Å². The summed E-state index contributed by atoms with van der Waals surface area (Å²) in [6.45, 7) is 5.95. The van der Waals surface area contributed by atoms with Crippen LogP contribution in [-0.4, -0.2) is 43.5 Å². The molecule has 0 aromatic heterocycles. The highest BCUT2D eigenvalue weighted by atomic mass is 32.2. The first kappa shape index (κ1) is 19.6. The lowest BCUT2D eigenvalue weighted by Crippen LogP contribution is -2.46. The molecular weight excluding hydrogens is 319 g/mol. The number of halogens is 1. The topological polar surface area (TPSA) is 66.5 Å². The Morgan fingerprint density at radius 2 is 1.78 bits per heavy atom. The van der Waals surface area contributed by atoms with Crippen LogP contribution in [0.3, 0.4) is 0 Å². The minimum Gasteiger partial charge on any atom is -0.356 e. The fraction of sp³-hybridized carbons (Fsp3) is 0.562. The second-order valence-corrected chi connectivity index (χ2v) is 8.39. The summed E-state index contributed by atoms with van der Waals surface area (Å²) in [6, 6.07) is 6.11. The number of rotatable bonds is 7. The lowest BCUT2D eigenvalue weighted by atomic mass is 10.1. The van der Waals surface area contributed by atoms with Crippen LogP contribution in [0, 0.1) is 5.82 Å². The van der Waals surface area contributed by atoms with Crippen LogP contribution < -0.4 is 5.32 Å². The summed E-state index contributed by atoms with van der Waals surface area (Å²) >= 11 is 0. The smallest absolute Gasteiger partial charge is 0.221 e. The highest BCUT2D eigenvalue weighted by Crippen LogP contribution is 2.17. The van der Waals surface area contributed by atoms with Crippen molar-refractivity contribution in [3.8, 4) is 0 Å². The number of hydrogen-bond donors (Lipinski definition) is 1. The molecule has 0 fully saturated rings. The zero-order valence-electron chi connectivity index (χ0n) is 14.1. The highest BCUT2D eigenvalue weighted by Gasteiger charge is 2.29. The fourth-order valence-corrected chi connectivity index (χ4v) is 3.71. The van der Waals surface area contributed by atoms with Gasteiger partial charge >= 0.3 is 0 Å². The number of sulfonamides is 1. The van der Waals surface area contributed by atoms with Crippen molar-refractivity contribution in [2.24, 2.45) is 0 Å². The van der Waals surface area contributed by atoms with E-state index in [1.165, 1.54) is 16.4 Å². The number of nitrogens with one attached hydrogen (secondary N) is 1. The third-order valence-corrected chi connectivity index (χ3v) is 4.87. The van der Waals surface area contributed by atoms with Crippen molar-refractivity contribution in [2.45, 2.75) is 39.2 Å². The number of hydrogen-bond acceptors (Lipinski definition) is 3. The van der Waals surface area contributed by atoms with E-state index in [0.29, 0.717) is 13.0 Å². The molecule has 1 aromatic rings. The lowest BCUT2D eigenvalue weighted by molar-refractivity contribution is -0.121. The van der Waals surface area contributed by atoms with E-state index in [2.05, 4.69) is 5.32 Å². The Morgan fingerprint density at radius 1 is 1.22 bits per heavy atom. The lowest BCUT2D eigenvalue weighted by Gasteiger charge is -2.33. The SMILES string of the molecule is CC(C)(C)N(CCC(=O)NCCc1ccc(F)cc1)S(C)(=O)=O. The molecule has 0 aliphatic carbocycles. The van der Waals surface area contributed by atoms with E-state index in [1.807, 2.05) is 0 Å². The number of nitrogens with zero attached hydrogens (tertiary/aromatic N) is 1. The van der Waals surface area contributed by atoms with Gasteiger partial charge in [0, 0.05) is 25.0 Å². The van der Waals surface area contributed by atoms with Gasteiger partial charge in [-0.2, -0.15) is 4.31 Å². The fourth-order valence-electron chi connectivity index (χ4n) is 2.29. The number of carbonyl (C=O) groups excluding carboxylic acids is 1. The molecule has 1 aromatic carbocycles. The highest BCUT2D eigenvalue weighted by molar-refractivity contribution is 7.88. The van der Waals surface area contributed by atoms with Gasteiger partial charge in [-0.1, -0.05) is 12.1 Å². The Balaban J connectivity index is 2.43. The quantitative estimate of drug-likeness (QED) is 0.822. The van der Waals surface area contributed by atoms with E-state index in [4.69, 9.17) is 0 Å². The summed E-state index contributed by atoms with van der Waals surface area (Å²) in [5.74, 6) is -0.495. The second kappa shape index (κ2) is 7.88. The molecule has 0 unspecified atom stereocenters. The van der Waals surface area contributed by atoms with Crippen LogP contribution in [0.5, 0.6) is 0 Å². The second-order valence-electron chi connectivity index (χ2n) is 6.48. The molecule has 0 radical (unpaired) electrons. The molecule has 7 heteroatoms. The standard InChI is InChI=1S/C16H25FN2O3S/c1-16(2,3)19(23(4,21)22)12-10-15(20)18-11-9-13-5-7-14(17)8-6-13/h5-8H,9-12H2,1-4H3,(H,18,20). The average molecular weight is 344 g/mol.